The Morgan fingerprint density at radius 2 is 2.04 bits per heavy atom. The summed E-state index contributed by atoms with van der Waals surface area (Å²) in [5.41, 5.74) is -0.507. The van der Waals surface area contributed by atoms with Gasteiger partial charge in [0.2, 0.25) is 0 Å². The number of fused-ring (bicyclic) bond motifs is 2. The first-order valence-electron chi connectivity index (χ1n) is 9.11. The van der Waals surface area contributed by atoms with Gasteiger partial charge in [-0.2, -0.15) is 5.26 Å². The number of rotatable bonds is 11. The maximum Gasteiger partial charge on any atom is 0.259 e. The molecular formula is C17H30FN2O3P. The zero-order chi connectivity index (χ0) is 17.6. The molecule has 7 heteroatoms. The van der Waals surface area contributed by atoms with Crippen LogP contribution < -0.4 is 0 Å². The Balaban J connectivity index is 2.10. The maximum atomic E-state index is 14.3. The molecule has 0 aromatic carbocycles. The Labute approximate surface area is 146 Å². The van der Waals surface area contributed by atoms with Gasteiger partial charge < -0.3 is 13.8 Å². The Morgan fingerprint density at radius 3 is 2.58 bits per heavy atom. The second kappa shape index (κ2) is 9.40. The zero-order valence-corrected chi connectivity index (χ0v) is 15.9. The largest absolute Gasteiger partial charge is 0.372 e. The minimum Gasteiger partial charge on any atom is -0.372 e. The molecule has 0 aromatic heterocycles. The molecular weight excluding hydrogens is 330 g/mol. The summed E-state index contributed by atoms with van der Waals surface area (Å²) >= 11 is 0. The molecule has 0 spiro atoms. The minimum atomic E-state index is -1.29. The summed E-state index contributed by atoms with van der Waals surface area (Å²) < 4.78 is 34.7. The second-order valence-electron chi connectivity index (χ2n) is 6.57. The molecule has 0 N–H and O–H groups in total. The molecule has 2 aliphatic rings. The quantitative estimate of drug-likeness (QED) is 0.408. The average molecular weight is 360 g/mol. The van der Waals surface area contributed by atoms with Crippen molar-refractivity contribution in [2.24, 2.45) is 5.92 Å². The molecule has 1 heterocycles. The lowest BCUT2D eigenvalue weighted by Gasteiger charge is -2.35. The fraction of sp³-hybridized carbons (Fsp3) is 0.941. The van der Waals surface area contributed by atoms with Crippen LogP contribution in [0.25, 0.3) is 0 Å². The Kier molecular flexibility index (Phi) is 7.84. The lowest BCUT2D eigenvalue weighted by molar-refractivity contribution is -0.0650. The fourth-order valence-electron chi connectivity index (χ4n) is 3.63. The summed E-state index contributed by atoms with van der Waals surface area (Å²) in [6, 6.07) is 2.10. The van der Waals surface area contributed by atoms with E-state index in [0.717, 1.165) is 32.4 Å². The third-order valence-electron chi connectivity index (χ3n) is 4.89. The fourth-order valence-corrected chi connectivity index (χ4v) is 5.51. The van der Waals surface area contributed by atoms with E-state index in [0.29, 0.717) is 26.1 Å². The van der Waals surface area contributed by atoms with Crippen LogP contribution >= 0.6 is 8.53 Å². The molecule has 5 atom stereocenters. The van der Waals surface area contributed by atoms with Crippen LogP contribution in [0.5, 0.6) is 0 Å². The van der Waals surface area contributed by atoms with Gasteiger partial charge in [-0.25, -0.2) is 9.06 Å². The highest BCUT2D eigenvalue weighted by atomic mass is 31.2. The predicted molar refractivity (Wildman–Crippen MR) is 92.1 cm³/mol. The molecule has 24 heavy (non-hydrogen) atoms. The van der Waals surface area contributed by atoms with E-state index < -0.39 is 20.3 Å². The Bertz CT molecular complexity index is 431. The molecule has 1 aliphatic carbocycles. The van der Waals surface area contributed by atoms with Crippen LogP contribution in [0.15, 0.2) is 0 Å². The molecule has 0 radical (unpaired) electrons. The highest BCUT2D eigenvalue weighted by molar-refractivity contribution is 7.44. The predicted octanol–water partition coefficient (Wildman–Crippen LogP) is 4.19. The van der Waals surface area contributed by atoms with E-state index in [1.54, 1.807) is 0 Å². The van der Waals surface area contributed by atoms with Gasteiger partial charge in [0.1, 0.15) is 12.3 Å². The summed E-state index contributed by atoms with van der Waals surface area (Å²) in [6.07, 6.45) is 2.40. The molecule has 0 amide bonds. The van der Waals surface area contributed by atoms with Crippen LogP contribution in [0.2, 0.25) is 0 Å². The summed E-state index contributed by atoms with van der Waals surface area (Å²) in [4.78, 5) is 0. The molecule has 0 aromatic rings. The van der Waals surface area contributed by atoms with Crippen LogP contribution in [0.1, 0.15) is 52.9 Å². The van der Waals surface area contributed by atoms with Gasteiger partial charge in [0.15, 0.2) is 0 Å². The van der Waals surface area contributed by atoms with Gasteiger partial charge in [0.05, 0.1) is 31.3 Å². The van der Waals surface area contributed by atoms with Crippen molar-refractivity contribution >= 4 is 8.53 Å². The molecule has 138 valence electrons. The van der Waals surface area contributed by atoms with Crippen molar-refractivity contribution < 1.29 is 18.2 Å². The summed E-state index contributed by atoms with van der Waals surface area (Å²) in [7, 11) is -1.29. The van der Waals surface area contributed by atoms with Crippen molar-refractivity contribution in [3.63, 3.8) is 0 Å². The summed E-state index contributed by atoms with van der Waals surface area (Å²) in [5.74, 6) is -0.195. The van der Waals surface area contributed by atoms with Crippen LogP contribution in [0.3, 0.4) is 0 Å². The van der Waals surface area contributed by atoms with Gasteiger partial charge in [-0.05, 0) is 19.3 Å². The Hall–Kier alpha value is -0.310. The van der Waals surface area contributed by atoms with Gasteiger partial charge >= 0.3 is 0 Å². The van der Waals surface area contributed by atoms with Crippen molar-refractivity contribution in [3.05, 3.63) is 0 Å². The molecule has 1 saturated carbocycles. The second-order valence-corrected chi connectivity index (χ2v) is 8.08. The molecule has 1 saturated heterocycles. The first-order chi connectivity index (χ1) is 11.6. The number of nitriles is 1. The summed E-state index contributed by atoms with van der Waals surface area (Å²) in [5, 5.41) is 8.77. The van der Waals surface area contributed by atoms with E-state index >= 15 is 0 Å². The van der Waals surface area contributed by atoms with Gasteiger partial charge in [0, 0.05) is 25.4 Å². The van der Waals surface area contributed by atoms with Gasteiger partial charge in [-0.1, -0.05) is 20.8 Å². The van der Waals surface area contributed by atoms with Gasteiger partial charge in [-0.15, -0.1) is 0 Å². The number of ether oxygens (including phenoxy) is 1. The standard InChI is InChI=1S/C17H30FN2O3P/c1-4-9-20(10-5-2)24(22-11-7-8-19)23-16-14-13-21-17(16,6-3)12-15(14)18/h14-16H,4-7,9-13H2,1-3H3/t14-,15-,16+,17+,24?/m1/s1. The first kappa shape index (κ1) is 20.0. The number of halogens is 1. The lowest BCUT2D eigenvalue weighted by atomic mass is 9.97. The van der Waals surface area contributed by atoms with Crippen LogP contribution in [-0.4, -0.2) is 48.9 Å². The zero-order valence-electron chi connectivity index (χ0n) is 15.0. The van der Waals surface area contributed by atoms with Crippen molar-refractivity contribution in [1.29, 1.82) is 5.26 Å². The normalized spacial score (nSPS) is 33.1. The van der Waals surface area contributed by atoms with Crippen LogP contribution in [-0.2, 0) is 13.8 Å². The molecule has 1 aliphatic heterocycles. The number of nitrogens with zero attached hydrogens (tertiary/aromatic N) is 2. The molecule has 2 bridgehead atoms. The van der Waals surface area contributed by atoms with Crippen molar-refractivity contribution in [2.45, 2.75) is 70.8 Å². The first-order valence-corrected chi connectivity index (χ1v) is 10.2. The van der Waals surface area contributed by atoms with E-state index in [4.69, 9.17) is 19.0 Å². The minimum absolute atomic E-state index is 0.195. The smallest absolute Gasteiger partial charge is 0.259 e. The van der Waals surface area contributed by atoms with Crippen molar-refractivity contribution in [2.75, 3.05) is 26.3 Å². The SMILES string of the molecule is CCCN(CCC)P(OCCC#N)O[C@H]1[C@@H]2CO[C@@]1(CC)C[C@H]2F. The topological polar surface area (TPSA) is 54.7 Å². The Morgan fingerprint density at radius 1 is 1.33 bits per heavy atom. The van der Waals surface area contributed by atoms with Crippen LogP contribution in [0, 0.1) is 17.2 Å². The van der Waals surface area contributed by atoms with Crippen molar-refractivity contribution in [3.8, 4) is 6.07 Å². The average Bonchev–Trinajstić information content (AvgIpc) is 3.05. The van der Waals surface area contributed by atoms with E-state index in [9.17, 15) is 4.39 Å². The molecule has 2 rings (SSSR count). The van der Waals surface area contributed by atoms with E-state index in [2.05, 4.69) is 24.6 Å². The number of alkyl halides is 1. The third-order valence-corrected chi connectivity index (χ3v) is 6.56. The molecule has 5 nitrogen and oxygen atoms in total. The summed E-state index contributed by atoms with van der Waals surface area (Å²) in [6.45, 7) is 8.82. The van der Waals surface area contributed by atoms with E-state index in [1.807, 2.05) is 6.92 Å². The molecule has 1 unspecified atom stereocenters. The highest BCUT2D eigenvalue weighted by Gasteiger charge is 2.61. The highest BCUT2D eigenvalue weighted by Crippen LogP contribution is 2.56. The molecule has 2 fully saturated rings. The third kappa shape index (κ3) is 4.26. The monoisotopic (exact) mass is 360 g/mol. The van der Waals surface area contributed by atoms with E-state index in [-0.39, 0.29) is 12.0 Å². The maximum absolute atomic E-state index is 14.3. The lowest BCUT2D eigenvalue weighted by Crippen LogP contribution is -2.38. The van der Waals surface area contributed by atoms with Gasteiger partial charge in [-0.3, -0.25) is 0 Å². The number of hydrogen-bond acceptors (Lipinski definition) is 5. The van der Waals surface area contributed by atoms with Crippen LogP contribution in [0.4, 0.5) is 4.39 Å². The van der Waals surface area contributed by atoms with E-state index in [1.165, 1.54) is 0 Å². The van der Waals surface area contributed by atoms with Crippen molar-refractivity contribution in [1.82, 2.24) is 4.67 Å². The number of hydrogen-bond donors (Lipinski definition) is 0. The van der Waals surface area contributed by atoms with Gasteiger partial charge in [0.25, 0.3) is 8.53 Å².